The number of carboxylic acid groups (broad SMARTS) is 1. The van der Waals surface area contributed by atoms with Gasteiger partial charge in [0.1, 0.15) is 18.1 Å². The molecule has 0 aromatic carbocycles. The minimum atomic E-state index is -1.16. The number of thioether (sulfide) groups is 1. The number of amides is 3. The number of carbonyl (C=O) groups excluding carboxylic acids is 3. The molecule has 0 saturated heterocycles. The van der Waals surface area contributed by atoms with E-state index in [4.69, 9.17) is 11.5 Å². The molecule has 0 aromatic rings. The second-order valence-electron chi connectivity index (χ2n) is 8.01. The molecule has 8 N–H and O–H groups in total. The van der Waals surface area contributed by atoms with Crippen LogP contribution in [0.1, 0.15) is 46.0 Å². The maximum Gasteiger partial charge on any atom is 0.326 e. The number of hydrogen-bond acceptors (Lipinski definition) is 8. The molecule has 4 unspecified atom stereocenters. The molecular formula is C20H39N5O5S2. The number of aliphatic carboxylic acids is 1. The maximum atomic E-state index is 12.8. The number of unbranched alkanes of at least 4 members (excludes halogenated alkanes) is 1. The lowest BCUT2D eigenvalue weighted by Gasteiger charge is -2.25. The number of carbonyl (C=O) groups is 4. The second-order valence-corrected chi connectivity index (χ2v) is 9.36. The van der Waals surface area contributed by atoms with E-state index in [1.165, 1.54) is 0 Å². The van der Waals surface area contributed by atoms with Crippen molar-refractivity contribution in [3.05, 3.63) is 0 Å². The molecule has 0 aromatic heterocycles. The van der Waals surface area contributed by atoms with Crippen LogP contribution in [0.25, 0.3) is 0 Å². The number of nitrogens with two attached hydrogens (primary N) is 2. The fourth-order valence-electron chi connectivity index (χ4n) is 2.85. The Hall–Kier alpha value is -1.50. The number of thiol groups is 1. The molecule has 0 spiro atoms. The Bertz CT molecular complexity index is 609. The minimum Gasteiger partial charge on any atom is -0.480 e. The van der Waals surface area contributed by atoms with E-state index in [-0.39, 0.29) is 18.1 Å². The van der Waals surface area contributed by atoms with Crippen molar-refractivity contribution in [1.29, 1.82) is 0 Å². The lowest BCUT2D eigenvalue weighted by molar-refractivity contribution is -0.142. The molecule has 0 rings (SSSR count). The quantitative estimate of drug-likeness (QED) is 0.107. The monoisotopic (exact) mass is 493 g/mol. The average Bonchev–Trinajstić information content (AvgIpc) is 2.73. The predicted octanol–water partition coefficient (Wildman–Crippen LogP) is -0.289. The van der Waals surface area contributed by atoms with E-state index in [0.29, 0.717) is 38.0 Å². The van der Waals surface area contributed by atoms with Gasteiger partial charge in [0.15, 0.2) is 0 Å². The minimum absolute atomic E-state index is 0.0394. The topological polar surface area (TPSA) is 177 Å². The zero-order valence-corrected chi connectivity index (χ0v) is 20.8. The van der Waals surface area contributed by atoms with Crippen molar-refractivity contribution < 1.29 is 24.3 Å². The number of hydrogen-bond donors (Lipinski definition) is 7. The van der Waals surface area contributed by atoms with Crippen LogP contribution >= 0.6 is 24.4 Å². The van der Waals surface area contributed by atoms with Gasteiger partial charge >= 0.3 is 5.97 Å². The summed E-state index contributed by atoms with van der Waals surface area (Å²) in [6.45, 7) is 4.24. The smallest absolute Gasteiger partial charge is 0.326 e. The van der Waals surface area contributed by atoms with Crippen LogP contribution in [0.2, 0.25) is 0 Å². The van der Waals surface area contributed by atoms with Crippen molar-refractivity contribution in [3.63, 3.8) is 0 Å². The lowest BCUT2D eigenvalue weighted by Crippen LogP contribution is -2.57. The average molecular weight is 494 g/mol. The summed E-state index contributed by atoms with van der Waals surface area (Å²) in [4.78, 5) is 49.2. The molecule has 0 aliphatic heterocycles. The summed E-state index contributed by atoms with van der Waals surface area (Å²) in [5.74, 6) is -2.03. The first-order chi connectivity index (χ1) is 15.1. The second kappa shape index (κ2) is 17.0. The van der Waals surface area contributed by atoms with Crippen molar-refractivity contribution in [2.75, 3.05) is 24.3 Å². The Morgan fingerprint density at radius 3 is 2.00 bits per heavy atom. The van der Waals surface area contributed by atoms with Gasteiger partial charge in [-0.3, -0.25) is 14.4 Å². The first-order valence-corrected chi connectivity index (χ1v) is 12.8. The van der Waals surface area contributed by atoms with Crippen LogP contribution in [0, 0.1) is 5.92 Å². The Kier molecular flexibility index (Phi) is 16.2. The third-order valence-electron chi connectivity index (χ3n) is 4.69. The van der Waals surface area contributed by atoms with E-state index < -0.39 is 47.9 Å². The van der Waals surface area contributed by atoms with Gasteiger partial charge in [-0.1, -0.05) is 13.8 Å². The zero-order valence-electron chi connectivity index (χ0n) is 19.1. The number of rotatable bonds is 17. The fraction of sp³-hybridized carbons (Fsp3) is 0.800. The normalized spacial score (nSPS) is 14.8. The SMILES string of the molecule is CSCCC(N)C(=O)NC(CC(C)C)C(=O)NC(CS)C(=O)NC(CCCCN)C(=O)O. The zero-order chi connectivity index (χ0) is 24.7. The van der Waals surface area contributed by atoms with Crippen LogP contribution in [0.15, 0.2) is 0 Å². The fourth-order valence-corrected chi connectivity index (χ4v) is 3.59. The molecule has 0 aliphatic carbocycles. The molecule has 186 valence electrons. The largest absolute Gasteiger partial charge is 0.480 e. The van der Waals surface area contributed by atoms with Crippen LogP contribution in [-0.2, 0) is 19.2 Å². The Balaban J connectivity index is 5.13. The molecule has 10 nitrogen and oxygen atoms in total. The van der Waals surface area contributed by atoms with Gasteiger partial charge in [0.2, 0.25) is 17.7 Å². The number of carboxylic acids is 1. The van der Waals surface area contributed by atoms with Gasteiger partial charge in [0.25, 0.3) is 0 Å². The summed E-state index contributed by atoms with van der Waals surface area (Å²) < 4.78 is 0. The lowest BCUT2D eigenvalue weighted by atomic mass is 10.0. The first kappa shape index (κ1) is 30.5. The number of nitrogens with one attached hydrogen (secondary N) is 3. The van der Waals surface area contributed by atoms with Crippen LogP contribution in [0.4, 0.5) is 0 Å². The molecule has 0 fully saturated rings. The summed E-state index contributed by atoms with van der Waals surface area (Å²) in [6.07, 6.45) is 4.16. The van der Waals surface area contributed by atoms with Gasteiger partial charge < -0.3 is 32.5 Å². The highest BCUT2D eigenvalue weighted by Crippen LogP contribution is 2.08. The molecule has 0 saturated carbocycles. The van der Waals surface area contributed by atoms with Crippen LogP contribution < -0.4 is 27.4 Å². The van der Waals surface area contributed by atoms with Crippen LogP contribution in [-0.4, -0.2) is 77.3 Å². The van der Waals surface area contributed by atoms with E-state index in [1.807, 2.05) is 20.1 Å². The summed E-state index contributed by atoms with van der Waals surface area (Å²) >= 11 is 5.69. The summed E-state index contributed by atoms with van der Waals surface area (Å²) in [5, 5.41) is 17.0. The molecule has 0 radical (unpaired) electrons. The Labute approximate surface area is 200 Å². The van der Waals surface area contributed by atoms with Gasteiger partial charge in [-0.05, 0) is 56.6 Å². The third kappa shape index (κ3) is 12.5. The standard InChI is InChI=1S/C20H39N5O5S2/c1-12(2)10-15(24-17(26)13(22)7-9-32-3)18(27)25-16(11-31)19(28)23-14(20(29)30)6-4-5-8-21/h12-16,31H,4-11,21-22H2,1-3H3,(H,23,28)(H,24,26)(H,25,27)(H,29,30). The summed E-state index contributed by atoms with van der Waals surface area (Å²) in [5.41, 5.74) is 11.3. The summed E-state index contributed by atoms with van der Waals surface area (Å²) in [6, 6.07) is -3.76. The first-order valence-electron chi connectivity index (χ1n) is 10.8. The molecule has 32 heavy (non-hydrogen) atoms. The highest BCUT2D eigenvalue weighted by molar-refractivity contribution is 7.98. The highest BCUT2D eigenvalue weighted by atomic mass is 32.2. The van der Waals surface area contributed by atoms with E-state index >= 15 is 0 Å². The highest BCUT2D eigenvalue weighted by Gasteiger charge is 2.30. The Morgan fingerprint density at radius 1 is 0.938 bits per heavy atom. The maximum absolute atomic E-state index is 12.8. The van der Waals surface area contributed by atoms with Gasteiger partial charge in [0, 0.05) is 5.75 Å². The molecule has 4 atom stereocenters. The van der Waals surface area contributed by atoms with Crippen molar-refractivity contribution >= 4 is 48.1 Å². The van der Waals surface area contributed by atoms with E-state index in [2.05, 4.69) is 28.6 Å². The van der Waals surface area contributed by atoms with E-state index in [9.17, 15) is 24.3 Å². The van der Waals surface area contributed by atoms with Crippen molar-refractivity contribution in [3.8, 4) is 0 Å². The third-order valence-corrected chi connectivity index (χ3v) is 5.70. The summed E-state index contributed by atoms with van der Waals surface area (Å²) in [7, 11) is 0. The van der Waals surface area contributed by atoms with Crippen molar-refractivity contribution in [2.24, 2.45) is 17.4 Å². The predicted molar refractivity (Wildman–Crippen MR) is 131 cm³/mol. The molecule has 3 amide bonds. The van der Waals surface area contributed by atoms with Gasteiger partial charge in [-0.25, -0.2) is 4.79 Å². The molecule has 0 aliphatic rings. The van der Waals surface area contributed by atoms with E-state index in [0.717, 1.165) is 0 Å². The van der Waals surface area contributed by atoms with Gasteiger partial charge in [-0.15, -0.1) is 0 Å². The van der Waals surface area contributed by atoms with Crippen LogP contribution in [0.3, 0.4) is 0 Å². The van der Waals surface area contributed by atoms with E-state index in [1.54, 1.807) is 11.8 Å². The van der Waals surface area contributed by atoms with Crippen LogP contribution in [0.5, 0.6) is 0 Å². The Morgan fingerprint density at radius 2 is 1.50 bits per heavy atom. The van der Waals surface area contributed by atoms with Crippen molar-refractivity contribution in [2.45, 2.75) is 70.1 Å². The molecular weight excluding hydrogens is 454 g/mol. The van der Waals surface area contributed by atoms with Crippen molar-refractivity contribution in [1.82, 2.24) is 16.0 Å². The molecule has 0 bridgehead atoms. The van der Waals surface area contributed by atoms with Gasteiger partial charge in [0.05, 0.1) is 6.04 Å². The van der Waals surface area contributed by atoms with Gasteiger partial charge in [-0.2, -0.15) is 24.4 Å². The molecule has 0 heterocycles. The molecule has 12 heteroatoms.